The van der Waals surface area contributed by atoms with Gasteiger partial charge in [-0.05, 0) is 73.2 Å². The van der Waals surface area contributed by atoms with Crippen LogP contribution in [0.3, 0.4) is 0 Å². The number of benzene rings is 3. The number of fused-ring (bicyclic) bond motifs is 3. The topological polar surface area (TPSA) is 76.3 Å². The normalized spacial score (nSPS) is 20.5. The number of aliphatic imine (C=N–C) groups is 1. The minimum absolute atomic E-state index is 0.0656. The van der Waals surface area contributed by atoms with Gasteiger partial charge in [-0.15, -0.1) is 0 Å². The SMILES string of the molecule is CC1=NC2=C(C(=O)CC(c3ccccc3)C2)C(c2ccc3c(c2)c2ccccc2n3C)C1C(=O)Nc1cc(C)ccn1. The third-order valence-corrected chi connectivity index (χ3v) is 8.91. The number of carbonyl (C=O) groups is 2. The van der Waals surface area contributed by atoms with Crippen molar-refractivity contribution in [2.24, 2.45) is 18.0 Å². The van der Waals surface area contributed by atoms with Gasteiger partial charge >= 0.3 is 0 Å². The Bertz CT molecular complexity index is 1950. The van der Waals surface area contributed by atoms with Crippen LogP contribution in [0, 0.1) is 12.8 Å². The Morgan fingerprint density at radius 2 is 1.62 bits per heavy atom. The van der Waals surface area contributed by atoms with Crippen LogP contribution in [-0.4, -0.2) is 27.0 Å². The molecule has 1 aliphatic carbocycles. The van der Waals surface area contributed by atoms with Crippen molar-refractivity contribution in [1.29, 1.82) is 0 Å². The van der Waals surface area contributed by atoms with E-state index in [0.29, 0.717) is 29.9 Å². The summed E-state index contributed by atoms with van der Waals surface area (Å²) in [5.41, 5.74) is 7.54. The van der Waals surface area contributed by atoms with E-state index in [2.05, 4.69) is 64.4 Å². The van der Waals surface area contributed by atoms with Gasteiger partial charge in [0.15, 0.2) is 5.78 Å². The molecular formula is C36H32N4O2. The molecule has 2 aromatic heterocycles. The van der Waals surface area contributed by atoms with Crippen molar-refractivity contribution in [2.45, 2.75) is 38.5 Å². The van der Waals surface area contributed by atoms with Crippen molar-refractivity contribution in [3.05, 3.63) is 119 Å². The molecule has 0 fully saturated rings. The van der Waals surface area contributed by atoms with Gasteiger partial charge in [-0.3, -0.25) is 14.6 Å². The third-order valence-electron chi connectivity index (χ3n) is 8.91. The van der Waals surface area contributed by atoms with Crippen molar-refractivity contribution in [3.63, 3.8) is 0 Å². The molecule has 3 aromatic carbocycles. The number of anilines is 1. The molecule has 3 unspecified atom stereocenters. The van der Waals surface area contributed by atoms with E-state index in [0.717, 1.165) is 44.2 Å². The number of pyridine rings is 1. The van der Waals surface area contributed by atoms with E-state index >= 15 is 0 Å². The van der Waals surface area contributed by atoms with Gasteiger partial charge in [-0.2, -0.15) is 0 Å². The van der Waals surface area contributed by atoms with Crippen LogP contribution in [0.25, 0.3) is 21.8 Å². The molecule has 3 heterocycles. The number of aryl methyl sites for hydroxylation is 2. The average molecular weight is 553 g/mol. The molecule has 6 heteroatoms. The van der Waals surface area contributed by atoms with Gasteiger partial charge in [0.05, 0.1) is 5.92 Å². The minimum Gasteiger partial charge on any atom is -0.344 e. The summed E-state index contributed by atoms with van der Waals surface area (Å²) < 4.78 is 2.19. The van der Waals surface area contributed by atoms with E-state index in [1.54, 1.807) is 6.20 Å². The minimum atomic E-state index is -0.643. The number of amides is 1. The van der Waals surface area contributed by atoms with Crippen LogP contribution in [0.5, 0.6) is 0 Å². The van der Waals surface area contributed by atoms with Crippen LogP contribution in [0.15, 0.2) is 107 Å². The van der Waals surface area contributed by atoms with Gasteiger partial charge in [0.2, 0.25) is 5.91 Å². The first-order valence-electron chi connectivity index (χ1n) is 14.5. The molecule has 5 aromatic rings. The summed E-state index contributed by atoms with van der Waals surface area (Å²) >= 11 is 0. The van der Waals surface area contributed by atoms with Gasteiger partial charge < -0.3 is 9.88 Å². The van der Waals surface area contributed by atoms with Gasteiger partial charge in [0.25, 0.3) is 0 Å². The molecule has 42 heavy (non-hydrogen) atoms. The number of para-hydroxylation sites is 1. The first-order chi connectivity index (χ1) is 20.4. The van der Waals surface area contributed by atoms with Crippen molar-refractivity contribution in [2.75, 3.05) is 5.32 Å². The second-order valence-corrected chi connectivity index (χ2v) is 11.6. The highest BCUT2D eigenvalue weighted by Gasteiger charge is 2.44. The Labute approximate surface area is 244 Å². The lowest BCUT2D eigenvalue weighted by atomic mass is 9.69. The molecule has 2 aliphatic rings. The highest BCUT2D eigenvalue weighted by molar-refractivity contribution is 6.14. The maximum Gasteiger partial charge on any atom is 0.235 e. The molecule has 0 saturated carbocycles. The largest absolute Gasteiger partial charge is 0.344 e. The van der Waals surface area contributed by atoms with Crippen molar-refractivity contribution >= 4 is 45.0 Å². The molecule has 6 nitrogen and oxygen atoms in total. The zero-order chi connectivity index (χ0) is 29.0. The van der Waals surface area contributed by atoms with Crippen LogP contribution in [0.1, 0.15) is 48.3 Å². The molecule has 3 atom stereocenters. The first kappa shape index (κ1) is 26.1. The molecule has 1 amide bonds. The van der Waals surface area contributed by atoms with E-state index in [4.69, 9.17) is 4.99 Å². The maximum absolute atomic E-state index is 14.1. The predicted octanol–water partition coefficient (Wildman–Crippen LogP) is 7.25. The fraction of sp³-hybridized carbons (Fsp3) is 0.222. The monoisotopic (exact) mass is 552 g/mol. The van der Waals surface area contributed by atoms with Crippen LogP contribution < -0.4 is 5.32 Å². The molecular weight excluding hydrogens is 520 g/mol. The number of aromatic nitrogens is 2. The number of hydrogen-bond acceptors (Lipinski definition) is 4. The lowest BCUT2D eigenvalue weighted by Gasteiger charge is -2.37. The zero-order valence-corrected chi connectivity index (χ0v) is 24.0. The molecule has 1 N–H and O–H groups in total. The summed E-state index contributed by atoms with van der Waals surface area (Å²) in [5, 5.41) is 5.29. The summed E-state index contributed by atoms with van der Waals surface area (Å²) in [6, 6.07) is 28.6. The number of ketones is 1. The van der Waals surface area contributed by atoms with E-state index < -0.39 is 11.8 Å². The average Bonchev–Trinajstić information content (AvgIpc) is 3.28. The van der Waals surface area contributed by atoms with Crippen LogP contribution in [0.2, 0.25) is 0 Å². The fourth-order valence-corrected chi connectivity index (χ4v) is 6.91. The van der Waals surface area contributed by atoms with E-state index in [-0.39, 0.29) is 17.6 Å². The summed E-state index contributed by atoms with van der Waals surface area (Å²) in [4.78, 5) is 37.5. The lowest BCUT2D eigenvalue weighted by molar-refractivity contribution is -0.119. The zero-order valence-electron chi connectivity index (χ0n) is 24.0. The third kappa shape index (κ3) is 4.35. The number of allylic oxidation sites excluding steroid dienone is 2. The molecule has 0 saturated heterocycles. The Morgan fingerprint density at radius 1 is 0.857 bits per heavy atom. The van der Waals surface area contributed by atoms with Crippen molar-refractivity contribution in [1.82, 2.24) is 9.55 Å². The van der Waals surface area contributed by atoms with E-state index in [1.807, 2.05) is 56.3 Å². The van der Waals surface area contributed by atoms with Gasteiger partial charge in [0, 0.05) is 64.4 Å². The number of nitrogens with zero attached hydrogens (tertiary/aromatic N) is 3. The maximum atomic E-state index is 14.1. The summed E-state index contributed by atoms with van der Waals surface area (Å²) in [7, 11) is 2.07. The van der Waals surface area contributed by atoms with Gasteiger partial charge in [0.1, 0.15) is 5.82 Å². The molecule has 208 valence electrons. The molecule has 1 aliphatic heterocycles. The first-order valence-corrected chi connectivity index (χ1v) is 14.5. The number of Topliss-reactive ketones (excluding diaryl/α,β-unsaturated/α-hetero) is 1. The standard InChI is InChI=1S/C36H32N4O2/c1-21-15-16-37-32(17-21)39-36(42)33-22(2)38-28-19-25(23-9-5-4-6-10-23)20-31(41)35(28)34(33)24-13-14-30-27(18-24)26-11-7-8-12-29(26)40(30)3/h4-18,25,33-34H,19-20H2,1-3H3,(H,37,39,42). The van der Waals surface area contributed by atoms with Crippen LogP contribution in [0.4, 0.5) is 5.82 Å². The molecule has 0 radical (unpaired) electrons. The quantitative estimate of drug-likeness (QED) is 0.255. The summed E-state index contributed by atoms with van der Waals surface area (Å²) in [6.45, 7) is 3.88. The Hall–Kier alpha value is -4.84. The van der Waals surface area contributed by atoms with E-state index in [9.17, 15) is 9.59 Å². The molecule has 0 bridgehead atoms. The molecule has 7 rings (SSSR count). The summed E-state index contributed by atoms with van der Waals surface area (Å²) in [5.74, 6) is -0.671. The lowest BCUT2D eigenvalue weighted by Crippen LogP contribution is -2.39. The van der Waals surface area contributed by atoms with Gasteiger partial charge in [-0.1, -0.05) is 54.6 Å². The Kier molecular flexibility index (Phi) is 6.34. The molecule has 0 spiro atoms. The van der Waals surface area contributed by atoms with E-state index in [1.165, 1.54) is 0 Å². The number of carbonyl (C=O) groups excluding carboxylic acids is 2. The highest BCUT2D eigenvalue weighted by atomic mass is 16.2. The number of rotatable bonds is 4. The second-order valence-electron chi connectivity index (χ2n) is 11.6. The van der Waals surface area contributed by atoms with Crippen LogP contribution >= 0.6 is 0 Å². The van der Waals surface area contributed by atoms with Crippen molar-refractivity contribution < 1.29 is 9.59 Å². The smallest absolute Gasteiger partial charge is 0.235 e. The number of hydrogen-bond donors (Lipinski definition) is 1. The predicted molar refractivity (Wildman–Crippen MR) is 168 cm³/mol. The second kappa shape index (κ2) is 10.2. The Balaban J connectivity index is 1.37. The van der Waals surface area contributed by atoms with Crippen LogP contribution in [-0.2, 0) is 16.6 Å². The fourth-order valence-electron chi connectivity index (χ4n) is 6.91. The number of nitrogens with one attached hydrogen (secondary N) is 1. The Morgan fingerprint density at radius 3 is 2.43 bits per heavy atom. The van der Waals surface area contributed by atoms with Gasteiger partial charge in [-0.25, -0.2) is 4.98 Å². The summed E-state index contributed by atoms with van der Waals surface area (Å²) in [6.07, 6.45) is 2.76. The highest BCUT2D eigenvalue weighted by Crippen LogP contribution is 2.47. The van der Waals surface area contributed by atoms with Crippen molar-refractivity contribution in [3.8, 4) is 0 Å².